The predicted octanol–water partition coefficient (Wildman–Crippen LogP) is 3.68. The third-order valence-electron chi connectivity index (χ3n) is 5.16. The second-order valence-electron chi connectivity index (χ2n) is 7.57. The molecule has 0 aromatic heterocycles. The van der Waals surface area contributed by atoms with Gasteiger partial charge >= 0.3 is 0 Å². The Bertz CT molecular complexity index is 323. The van der Waals surface area contributed by atoms with Gasteiger partial charge in [-0.05, 0) is 49.5 Å². The third kappa shape index (κ3) is 2.88. The first-order valence-electron chi connectivity index (χ1n) is 7.55. The number of hydrogen-bond donors (Lipinski definition) is 0. The third-order valence-corrected chi connectivity index (χ3v) is 5.16. The monoisotopic (exact) mass is 248 g/mol. The highest BCUT2D eigenvalue weighted by Crippen LogP contribution is 2.39. The van der Waals surface area contributed by atoms with Crippen molar-refractivity contribution in [2.45, 2.75) is 59.4 Å². The molecule has 2 aliphatic rings. The summed E-state index contributed by atoms with van der Waals surface area (Å²) >= 11 is 0. The first-order chi connectivity index (χ1) is 8.41. The maximum atomic E-state index is 9.36. The van der Waals surface area contributed by atoms with Crippen molar-refractivity contribution < 1.29 is 0 Å². The van der Waals surface area contributed by atoms with Crippen LogP contribution < -0.4 is 0 Å². The molecule has 1 heterocycles. The van der Waals surface area contributed by atoms with E-state index >= 15 is 0 Å². The van der Waals surface area contributed by atoms with Gasteiger partial charge in [-0.15, -0.1) is 0 Å². The summed E-state index contributed by atoms with van der Waals surface area (Å²) in [5.41, 5.74) is 0.414. The second kappa shape index (κ2) is 5.21. The molecule has 0 spiro atoms. The SMILES string of the molecule is CC1CCC(C#N)C(N2CCC(C(C)(C)C)C2)C1. The minimum Gasteiger partial charge on any atom is -0.299 e. The molecule has 4 unspecified atom stereocenters. The van der Waals surface area contributed by atoms with Gasteiger partial charge in [-0.1, -0.05) is 27.7 Å². The zero-order valence-electron chi connectivity index (χ0n) is 12.4. The van der Waals surface area contributed by atoms with Crippen LogP contribution in [0.3, 0.4) is 0 Å². The molecule has 4 atom stereocenters. The summed E-state index contributed by atoms with van der Waals surface area (Å²) in [6.07, 6.45) is 4.89. The van der Waals surface area contributed by atoms with Crippen LogP contribution in [0.2, 0.25) is 0 Å². The largest absolute Gasteiger partial charge is 0.299 e. The van der Waals surface area contributed by atoms with E-state index < -0.39 is 0 Å². The lowest BCUT2D eigenvalue weighted by Gasteiger charge is -2.38. The first-order valence-corrected chi connectivity index (χ1v) is 7.55. The van der Waals surface area contributed by atoms with Crippen LogP contribution in [0.5, 0.6) is 0 Å². The van der Waals surface area contributed by atoms with Crippen molar-refractivity contribution in [1.82, 2.24) is 4.90 Å². The van der Waals surface area contributed by atoms with Crippen LogP contribution in [-0.2, 0) is 0 Å². The van der Waals surface area contributed by atoms with Gasteiger partial charge in [0.15, 0.2) is 0 Å². The van der Waals surface area contributed by atoms with Gasteiger partial charge in [-0.2, -0.15) is 5.26 Å². The summed E-state index contributed by atoms with van der Waals surface area (Å²) < 4.78 is 0. The summed E-state index contributed by atoms with van der Waals surface area (Å²) in [6, 6.07) is 3.10. The van der Waals surface area contributed by atoms with Gasteiger partial charge in [0, 0.05) is 12.6 Å². The molecule has 2 fully saturated rings. The second-order valence-corrected chi connectivity index (χ2v) is 7.57. The quantitative estimate of drug-likeness (QED) is 0.707. The van der Waals surface area contributed by atoms with Gasteiger partial charge in [-0.25, -0.2) is 0 Å². The number of nitriles is 1. The van der Waals surface area contributed by atoms with Crippen molar-refractivity contribution >= 4 is 0 Å². The van der Waals surface area contributed by atoms with Gasteiger partial charge in [0.1, 0.15) is 0 Å². The first kappa shape index (κ1) is 13.9. The molecule has 1 saturated heterocycles. The lowest BCUT2D eigenvalue weighted by atomic mass is 9.78. The van der Waals surface area contributed by atoms with Crippen molar-refractivity contribution in [1.29, 1.82) is 5.26 Å². The van der Waals surface area contributed by atoms with Gasteiger partial charge in [0.25, 0.3) is 0 Å². The Labute approximate surface area is 112 Å². The molecule has 0 bridgehead atoms. The normalized spacial score (nSPS) is 38.6. The van der Waals surface area contributed by atoms with Gasteiger partial charge in [-0.3, -0.25) is 4.90 Å². The Kier molecular flexibility index (Phi) is 4.02. The summed E-state index contributed by atoms with van der Waals surface area (Å²) in [4.78, 5) is 2.62. The molecule has 0 radical (unpaired) electrons. The number of nitrogens with zero attached hydrogens (tertiary/aromatic N) is 2. The zero-order chi connectivity index (χ0) is 13.3. The van der Waals surface area contributed by atoms with Crippen LogP contribution in [0.15, 0.2) is 0 Å². The van der Waals surface area contributed by atoms with Crippen LogP contribution in [0, 0.1) is 34.5 Å². The van der Waals surface area contributed by atoms with Crippen LogP contribution >= 0.6 is 0 Å². The van der Waals surface area contributed by atoms with Gasteiger partial charge in [0.05, 0.1) is 12.0 Å². The van der Waals surface area contributed by atoms with Crippen LogP contribution in [-0.4, -0.2) is 24.0 Å². The Morgan fingerprint density at radius 1 is 1.17 bits per heavy atom. The van der Waals surface area contributed by atoms with Crippen LogP contribution in [0.4, 0.5) is 0 Å². The molecular weight excluding hydrogens is 220 g/mol. The maximum Gasteiger partial charge on any atom is 0.0672 e. The molecular formula is C16H28N2. The molecule has 0 amide bonds. The number of rotatable bonds is 1. The molecule has 18 heavy (non-hydrogen) atoms. The van der Waals surface area contributed by atoms with Crippen molar-refractivity contribution in [2.75, 3.05) is 13.1 Å². The fraction of sp³-hybridized carbons (Fsp3) is 0.938. The summed E-state index contributed by atoms with van der Waals surface area (Å²) in [6.45, 7) is 11.8. The van der Waals surface area contributed by atoms with Crippen molar-refractivity contribution in [3.8, 4) is 6.07 Å². The summed E-state index contributed by atoms with van der Waals surface area (Å²) in [7, 11) is 0. The summed E-state index contributed by atoms with van der Waals surface area (Å²) in [5, 5.41) is 9.36. The van der Waals surface area contributed by atoms with E-state index in [0.717, 1.165) is 18.3 Å². The van der Waals surface area contributed by atoms with E-state index in [2.05, 4.69) is 38.7 Å². The highest BCUT2D eigenvalue weighted by Gasteiger charge is 2.39. The Morgan fingerprint density at radius 2 is 1.89 bits per heavy atom. The highest BCUT2D eigenvalue weighted by molar-refractivity contribution is 4.99. The minimum absolute atomic E-state index is 0.278. The molecule has 1 aliphatic heterocycles. The van der Waals surface area contributed by atoms with E-state index in [9.17, 15) is 5.26 Å². The molecule has 0 N–H and O–H groups in total. The Balaban J connectivity index is 2.01. The molecule has 2 heteroatoms. The molecule has 102 valence electrons. The molecule has 2 rings (SSSR count). The van der Waals surface area contributed by atoms with Crippen molar-refractivity contribution in [3.63, 3.8) is 0 Å². The van der Waals surface area contributed by atoms with E-state index in [4.69, 9.17) is 0 Å². The predicted molar refractivity (Wildman–Crippen MR) is 75.0 cm³/mol. The average Bonchev–Trinajstić information content (AvgIpc) is 2.77. The van der Waals surface area contributed by atoms with Crippen LogP contribution in [0.25, 0.3) is 0 Å². The van der Waals surface area contributed by atoms with Crippen LogP contribution in [0.1, 0.15) is 53.4 Å². The van der Waals surface area contributed by atoms with E-state index in [0.29, 0.717) is 11.5 Å². The number of hydrogen-bond acceptors (Lipinski definition) is 2. The molecule has 0 aromatic rings. The Morgan fingerprint density at radius 3 is 2.44 bits per heavy atom. The Hall–Kier alpha value is -0.550. The van der Waals surface area contributed by atoms with Crippen molar-refractivity contribution in [2.24, 2.45) is 23.2 Å². The van der Waals surface area contributed by atoms with E-state index in [-0.39, 0.29) is 5.92 Å². The maximum absolute atomic E-state index is 9.36. The van der Waals surface area contributed by atoms with E-state index in [1.165, 1.54) is 32.4 Å². The molecule has 1 saturated carbocycles. The van der Waals surface area contributed by atoms with Crippen molar-refractivity contribution in [3.05, 3.63) is 0 Å². The molecule has 0 aromatic carbocycles. The lowest BCUT2D eigenvalue weighted by molar-refractivity contribution is 0.116. The van der Waals surface area contributed by atoms with E-state index in [1.54, 1.807) is 0 Å². The topological polar surface area (TPSA) is 27.0 Å². The standard InChI is InChI=1S/C16H28N2/c1-12-5-6-13(10-17)15(9-12)18-8-7-14(11-18)16(2,3)4/h12-15H,5-9,11H2,1-4H3. The highest BCUT2D eigenvalue weighted by atomic mass is 15.2. The summed E-state index contributed by atoms with van der Waals surface area (Å²) in [5.74, 6) is 1.88. The molecule has 1 aliphatic carbocycles. The van der Waals surface area contributed by atoms with Gasteiger partial charge in [0.2, 0.25) is 0 Å². The molecule has 2 nitrogen and oxygen atoms in total. The minimum atomic E-state index is 0.278. The van der Waals surface area contributed by atoms with E-state index in [1.807, 2.05) is 0 Å². The van der Waals surface area contributed by atoms with Gasteiger partial charge < -0.3 is 0 Å². The smallest absolute Gasteiger partial charge is 0.0672 e. The number of likely N-dealkylation sites (tertiary alicyclic amines) is 1. The zero-order valence-corrected chi connectivity index (χ0v) is 12.4. The lowest BCUT2D eigenvalue weighted by Crippen LogP contribution is -2.43. The fourth-order valence-corrected chi connectivity index (χ4v) is 3.70. The average molecular weight is 248 g/mol. The fourth-order valence-electron chi connectivity index (χ4n) is 3.70.